The molecular formula is C16H19BrN4. The number of hydrogen-bond donors (Lipinski definition) is 2. The molecule has 21 heavy (non-hydrogen) atoms. The molecule has 1 heterocycles. The van der Waals surface area contributed by atoms with E-state index in [9.17, 15) is 0 Å². The summed E-state index contributed by atoms with van der Waals surface area (Å²) in [7, 11) is 0. The summed E-state index contributed by atoms with van der Waals surface area (Å²) in [5.74, 6) is 0.0713. The molecule has 1 aromatic heterocycles. The van der Waals surface area contributed by atoms with E-state index in [1.165, 1.54) is 0 Å². The number of halogens is 1. The Kier molecular flexibility index (Phi) is 4.96. The zero-order valence-electron chi connectivity index (χ0n) is 12.2. The first kappa shape index (κ1) is 15.5. The number of nitrogens with one attached hydrogen (secondary N) is 1. The SMILES string of the molecule is CCN(Cc1cccc(C)n1)c1ccc(Br)cc1C(=N)N. The van der Waals surface area contributed by atoms with Crippen LogP contribution in [0.1, 0.15) is 23.9 Å². The summed E-state index contributed by atoms with van der Waals surface area (Å²) in [5.41, 5.74) is 9.42. The molecule has 0 atom stereocenters. The Bertz CT molecular complexity index is 654. The van der Waals surface area contributed by atoms with Crippen LogP contribution in [0, 0.1) is 12.3 Å². The van der Waals surface area contributed by atoms with Crippen molar-refractivity contribution >= 4 is 27.5 Å². The standard InChI is InChI=1S/C16H19BrN4/c1-3-21(10-13-6-4-5-11(2)20-13)15-8-7-12(17)9-14(15)16(18)19/h4-9H,3,10H2,1-2H3,(H3,18,19). The Balaban J connectivity index is 2.35. The van der Waals surface area contributed by atoms with Crippen LogP contribution in [-0.4, -0.2) is 17.4 Å². The van der Waals surface area contributed by atoms with E-state index in [0.29, 0.717) is 6.54 Å². The number of benzene rings is 1. The molecule has 1 aromatic carbocycles. The van der Waals surface area contributed by atoms with Crippen molar-refractivity contribution in [1.82, 2.24) is 4.98 Å². The molecule has 0 aliphatic rings. The molecule has 0 bridgehead atoms. The van der Waals surface area contributed by atoms with Crippen LogP contribution in [0.15, 0.2) is 40.9 Å². The van der Waals surface area contributed by atoms with E-state index < -0.39 is 0 Å². The van der Waals surface area contributed by atoms with E-state index in [2.05, 4.69) is 32.7 Å². The maximum atomic E-state index is 7.77. The highest BCUT2D eigenvalue weighted by Crippen LogP contribution is 2.25. The van der Waals surface area contributed by atoms with E-state index in [1.54, 1.807) is 0 Å². The summed E-state index contributed by atoms with van der Waals surface area (Å²) in [6.45, 7) is 5.58. The third-order valence-electron chi connectivity index (χ3n) is 3.27. The van der Waals surface area contributed by atoms with E-state index in [-0.39, 0.29) is 5.84 Å². The van der Waals surface area contributed by atoms with Gasteiger partial charge in [-0.15, -0.1) is 0 Å². The normalized spacial score (nSPS) is 10.4. The first-order chi connectivity index (χ1) is 10.0. The first-order valence-corrected chi connectivity index (χ1v) is 7.62. The topological polar surface area (TPSA) is 66.0 Å². The highest BCUT2D eigenvalue weighted by molar-refractivity contribution is 9.10. The molecule has 0 fully saturated rings. The molecule has 0 unspecified atom stereocenters. The average molecular weight is 347 g/mol. The van der Waals surface area contributed by atoms with E-state index in [4.69, 9.17) is 11.1 Å². The summed E-state index contributed by atoms with van der Waals surface area (Å²) in [6.07, 6.45) is 0. The van der Waals surface area contributed by atoms with Crippen molar-refractivity contribution in [3.8, 4) is 0 Å². The number of aromatic nitrogens is 1. The lowest BCUT2D eigenvalue weighted by molar-refractivity contribution is 0.804. The average Bonchev–Trinajstić information content (AvgIpc) is 2.45. The van der Waals surface area contributed by atoms with Crippen LogP contribution < -0.4 is 10.6 Å². The fraction of sp³-hybridized carbons (Fsp3) is 0.250. The lowest BCUT2D eigenvalue weighted by atomic mass is 10.1. The Labute approximate surface area is 133 Å². The predicted octanol–water partition coefficient (Wildman–Crippen LogP) is 3.46. The van der Waals surface area contributed by atoms with E-state index >= 15 is 0 Å². The minimum absolute atomic E-state index is 0.0713. The summed E-state index contributed by atoms with van der Waals surface area (Å²) < 4.78 is 0.918. The highest BCUT2D eigenvalue weighted by atomic mass is 79.9. The van der Waals surface area contributed by atoms with Gasteiger partial charge in [-0.3, -0.25) is 10.4 Å². The molecule has 0 saturated carbocycles. The zero-order chi connectivity index (χ0) is 15.4. The monoisotopic (exact) mass is 346 g/mol. The lowest BCUT2D eigenvalue weighted by Crippen LogP contribution is -2.26. The summed E-state index contributed by atoms with van der Waals surface area (Å²) in [5, 5.41) is 7.77. The van der Waals surface area contributed by atoms with Crippen LogP contribution in [0.5, 0.6) is 0 Å². The van der Waals surface area contributed by atoms with E-state index in [1.807, 2.05) is 43.3 Å². The number of pyridine rings is 1. The van der Waals surface area contributed by atoms with Crippen LogP contribution in [0.4, 0.5) is 5.69 Å². The number of aryl methyl sites for hydroxylation is 1. The second-order valence-electron chi connectivity index (χ2n) is 4.86. The van der Waals surface area contributed by atoms with Crippen LogP contribution in [0.25, 0.3) is 0 Å². The Hall–Kier alpha value is -1.88. The molecule has 4 nitrogen and oxygen atoms in total. The van der Waals surface area contributed by atoms with Crippen LogP contribution in [0.3, 0.4) is 0 Å². The molecule has 0 saturated heterocycles. The minimum atomic E-state index is 0.0713. The van der Waals surface area contributed by atoms with Gasteiger partial charge in [-0.25, -0.2) is 0 Å². The van der Waals surface area contributed by atoms with Gasteiger partial charge in [0.15, 0.2) is 0 Å². The molecule has 2 rings (SSSR count). The van der Waals surface area contributed by atoms with Gasteiger partial charge in [-0.1, -0.05) is 22.0 Å². The maximum absolute atomic E-state index is 7.77. The third kappa shape index (κ3) is 3.82. The van der Waals surface area contributed by atoms with Gasteiger partial charge in [0.05, 0.1) is 12.2 Å². The van der Waals surface area contributed by atoms with Crippen LogP contribution >= 0.6 is 15.9 Å². The summed E-state index contributed by atoms with van der Waals surface area (Å²) in [6, 6.07) is 11.8. The molecule has 0 aliphatic carbocycles. The van der Waals surface area contributed by atoms with Crippen molar-refractivity contribution in [2.24, 2.45) is 5.73 Å². The number of anilines is 1. The smallest absolute Gasteiger partial charge is 0.124 e. The summed E-state index contributed by atoms with van der Waals surface area (Å²) >= 11 is 3.43. The van der Waals surface area contributed by atoms with Gasteiger partial charge >= 0.3 is 0 Å². The number of rotatable bonds is 5. The van der Waals surface area contributed by atoms with Crippen molar-refractivity contribution in [1.29, 1.82) is 5.41 Å². The Morgan fingerprint density at radius 2 is 2.10 bits per heavy atom. The molecule has 0 amide bonds. The van der Waals surface area contributed by atoms with Gasteiger partial charge in [-0.2, -0.15) is 0 Å². The number of amidine groups is 1. The number of hydrogen-bond acceptors (Lipinski definition) is 3. The number of nitrogen functional groups attached to an aromatic ring is 1. The van der Waals surface area contributed by atoms with Gasteiger partial charge in [0.2, 0.25) is 0 Å². The van der Waals surface area contributed by atoms with Gasteiger partial charge in [0, 0.05) is 28.0 Å². The molecule has 0 spiro atoms. The predicted molar refractivity (Wildman–Crippen MR) is 90.9 cm³/mol. The molecular weight excluding hydrogens is 328 g/mol. The highest BCUT2D eigenvalue weighted by Gasteiger charge is 2.13. The van der Waals surface area contributed by atoms with Gasteiger partial charge < -0.3 is 10.6 Å². The van der Waals surface area contributed by atoms with Gasteiger partial charge in [-0.05, 0) is 44.2 Å². The minimum Gasteiger partial charge on any atom is -0.384 e. The van der Waals surface area contributed by atoms with Crippen molar-refractivity contribution in [2.45, 2.75) is 20.4 Å². The van der Waals surface area contributed by atoms with Crippen molar-refractivity contribution in [3.05, 3.63) is 57.8 Å². The fourth-order valence-electron chi connectivity index (χ4n) is 2.25. The summed E-state index contributed by atoms with van der Waals surface area (Å²) in [4.78, 5) is 6.71. The third-order valence-corrected chi connectivity index (χ3v) is 3.76. The molecule has 110 valence electrons. The van der Waals surface area contributed by atoms with E-state index in [0.717, 1.165) is 33.7 Å². The number of nitrogens with zero attached hydrogens (tertiary/aromatic N) is 2. The van der Waals surface area contributed by atoms with Gasteiger partial charge in [0.25, 0.3) is 0 Å². The first-order valence-electron chi connectivity index (χ1n) is 6.82. The molecule has 0 aliphatic heterocycles. The second kappa shape index (κ2) is 6.72. The van der Waals surface area contributed by atoms with Crippen LogP contribution in [0.2, 0.25) is 0 Å². The van der Waals surface area contributed by atoms with Crippen molar-refractivity contribution in [2.75, 3.05) is 11.4 Å². The maximum Gasteiger partial charge on any atom is 0.124 e. The Morgan fingerprint density at radius 3 is 2.71 bits per heavy atom. The quantitative estimate of drug-likeness (QED) is 0.643. The molecule has 3 N–H and O–H groups in total. The fourth-order valence-corrected chi connectivity index (χ4v) is 2.61. The van der Waals surface area contributed by atoms with Crippen molar-refractivity contribution < 1.29 is 0 Å². The van der Waals surface area contributed by atoms with Crippen LogP contribution in [-0.2, 0) is 6.54 Å². The number of nitrogens with two attached hydrogens (primary N) is 1. The largest absolute Gasteiger partial charge is 0.384 e. The zero-order valence-corrected chi connectivity index (χ0v) is 13.8. The molecule has 2 aromatic rings. The van der Waals surface area contributed by atoms with Crippen molar-refractivity contribution in [3.63, 3.8) is 0 Å². The molecule has 0 radical (unpaired) electrons. The van der Waals surface area contributed by atoms with Gasteiger partial charge in [0.1, 0.15) is 5.84 Å². The lowest BCUT2D eigenvalue weighted by Gasteiger charge is -2.25. The molecule has 5 heteroatoms. The second-order valence-corrected chi connectivity index (χ2v) is 5.78. The Morgan fingerprint density at radius 1 is 1.33 bits per heavy atom.